The van der Waals surface area contributed by atoms with E-state index in [2.05, 4.69) is 22.1 Å². The van der Waals surface area contributed by atoms with Gasteiger partial charge in [0, 0.05) is 30.5 Å². The van der Waals surface area contributed by atoms with Crippen molar-refractivity contribution in [1.82, 2.24) is 10.3 Å². The topological polar surface area (TPSA) is 54.5 Å². The van der Waals surface area contributed by atoms with Gasteiger partial charge in [-0.15, -0.1) is 0 Å². The van der Waals surface area contributed by atoms with Crippen molar-refractivity contribution in [1.29, 1.82) is 0 Å². The molecule has 0 aromatic carbocycles. The molecular weight excluding hydrogens is 302 g/mol. The molecule has 0 saturated carbocycles. The van der Waals surface area contributed by atoms with Gasteiger partial charge in [-0.1, -0.05) is 11.6 Å². The number of rotatable bonds is 2. The van der Waals surface area contributed by atoms with Gasteiger partial charge in [-0.2, -0.15) is 0 Å². The molecule has 0 aliphatic carbocycles. The van der Waals surface area contributed by atoms with Crippen LogP contribution in [0.5, 0.6) is 0 Å². The third kappa shape index (κ3) is 4.77. The Morgan fingerprint density at radius 2 is 2.23 bits per heavy atom. The lowest BCUT2D eigenvalue weighted by Gasteiger charge is -2.39. The van der Waals surface area contributed by atoms with Crippen LogP contribution in [0.25, 0.3) is 0 Å². The molecule has 2 heterocycles. The summed E-state index contributed by atoms with van der Waals surface area (Å²) in [5.74, 6) is 0. The first-order valence-electron chi connectivity index (χ1n) is 7.62. The zero-order chi connectivity index (χ0) is 16.3. The molecule has 1 aliphatic heterocycles. The summed E-state index contributed by atoms with van der Waals surface area (Å²) in [4.78, 5) is 18.2. The van der Waals surface area contributed by atoms with Gasteiger partial charge in [0.2, 0.25) is 0 Å². The predicted octanol–water partition coefficient (Wildman–Crippen LogP) is 3.62. The van der Waals surface area contributed by atoms with Crippen LogP contribution in [0.2, 0.25) is 5.15 Å². The van der Waals surface area contributed by atoms with E-state index in [1.165, 1.54) is 0 Å². The fourth-order valence-corrected chi connectivity index (χ4v) is 2.90. The van der Waals surface area contributed by atoms with Gasteiger partial charge in [-0.3, -0.25) is 0 Å². The van der Waals surface area contributed by atoms with Crippen molar-refractivity contribution >= 4 is 23.4 Å². The fourth-order valence-electron chi connectivity index (χ4n) is 2.73. The van der Waals surface area contributed by atoms with E-state index in [0.717, 1.165) is 25.1 Å². The van der Waals surface area contributed by atoms with Crippen molar-refractivity contribution in [2.24, 2.45) is 0 Å². The van der Waals surface area contributed by atoms with E-state index in [1.54, 1.807) is 6.20 Å². The summed E-state index contributed by atoms with van der Waals surface area (Å²) < 4.78 is 5.31. The highest BCUT2D eigenvalue weighted by Gasteiger charge is 2.28. The molecule has 0 bridgehead atoms. The normalized spacial score (nSPS) is 22.3. The molecule has 5 nitrogen and oxygen atoms in total. The van der Waals surface area contributed by atoms with Gasteiger partial charge >= 0.3 is 6.09 Å². The van der Waals surface area contributed by atoms with E-state index in [1.807, 2.05) is 32.9 Å². The first-order valence-corrected chi connectivity index (χ1v) is 8.00. The van der Waals surface area contributed by atoms with Crippen LogP contribution >= 0.6 is 11.6 Å². The van der Waals surface area contributed by atoms with Crippen molar-refractivity contribution in [2.45, 2.75) is 58.2 Å². The lowest BCUT2D eigenvalue weighted by Crippen LogP contribution is -2.49. The molecule has 0 spiro atoms. The second kappa shape index (κ2) is 6.73. The van der Waals surface area contributed by atoms with Crippen molar-refractivity contribution in [3.63, 3.8) is 0 Å². The van der Waals surface area contributed by atoms with Crippen molar-refractivity contribution in [3.8, 4) is 0 Å². The molecule has 2 unspecified atom stereocenters. The number of carbonyl (C=O) groups is 1. The standard InChI is InChI=1S/C16H24ClN3O2/c1-11-9-12(19-15(21)22-16(2,3)4)6-8-20(11)13-5-7-18-14(17)10-13/h5,7,10-12H,6,8-9H2,1-4H3,(H,19,21). The Balaban J connectivity index is 1.91. The van der Waals surface area contributed by atoms with Crippen LogP contribution < -0.4 is 10.2 Å². The number of nitrogens with zero attached hydrogens (tertiary/aromatic N) is 2. The molecule has 1 aromatic heterocycles. The quantitative estimate of drug-likeness (QED) is 0.844. The van der Waals surface area contributed by atoms with Gasteiger partial charge < -0.3 is 15.0 Å². The molecular formula is C16H24ClN3O2. The van der Waals surface area contributed by atoms with Gasteiger partial charge in [0.1, 0.15) is 10.8 Å². The minimum atomic E-state index is -0.468. The highest BCUT2D eigenvalue weighted by atomic mass is 35.5. The summed E-state index contributed by atoms with van der Waals surface area (Å²) in [6, 6.07) is 4.29. The van der Waals surface area contributed by atoms with Crippen molar-refractivity contribution < 1.29 is 9.53 Å². The highest BCUT2D eigenvalue weighted by molar-refractivity contribution is 6.29. The van der Waals surface area contributed by atoms with Gasteiger partial charge in [0.05, 0.1) is 0 Å². The number of piperidine rings is 1. The monoisotopic (exact) mass is 325 g/mol. The van der Waals surface area contributed by atoms with E-state index in [0.29, 0.717) is 11.2 Å². The molecule has 1 saturated heterocycles. The maximum atomic E-state index is 11.9. The third-order valence-electron chi connectivity index (χ3n) is 3.64. The average Bonchev–Trinajstić information content (AvgIpc) is 2.36. The Morgan fingerprint density at radius 3 is 2.82 bits per heavy atom. The largest absolute Gasteiger partial charge is 0.444 e. The van der Waals surface area contributed by atoms with E-state index >= 15 is 0 Å². The summed E-state index contributed by atoms with van der Waals surface area (Å²) in [5.41, 5.74) is 0.604. The van der Waals surface area contributed by atoms with Gasteiger partial charge in [0.15, 0.2) is 0 Å². The van der Waals surface area contributed by atoms with E-state index in [4.69, 9.17) is 16.3 Å². The number of anilines is 1. The number of alkyl carbamates (subject to hydrolysis) is 1. The molecule has 2 rings (SSSR count). The first kappa shape index (κ1) is 16.9. The number of aromatic nitrogens is 1. The van der Waals surface area contributed by atoms with Crippen molar-refractivity contribution in [2.75, 3.05) is 11.4 Å². The Kier molecular flexibility index (Phi) is 5.16. The molecule has 1 fully saturated rings. The summed E-state index contributed by atoms with van der Waals surface area (Å²) in [6.45, 7) is 8.61. The van der Waals surface area contributed by atoms with E-state index in [9.17, 15) is 4.79 Å². The summed E-state index contributed by atoms with van der Waals surface area (Å²) in [7, 11) is 0. The second-order valence-corrected chi connectivity index (χ2v) is 7.13. The number of pyridine rings is 1. The molecule has 122 valence electrons. The molecule has 22 heavy (non-hydrogen) atoms. The van der Waals surface area contributed by atoms with E-state index < -0.39 is 5.60 Å². The number of hydrogen-bond acceptors (Lipinski definition) is 4. The number of hydrogen-bond donors (Lipinski definition) is 1. The highest BCUT2D eigenvalue weighted by Crippen LogP contribution is 2.26. The maximum absolute atomic E-state index is 11.9. The summed E-state index contributed by atoms with van der Waals surface area (Å²) >= 11 is 5.96. The smallest absolute Gasteiger partial charge is 0.407 e. The zero-order valence-corrected chi connectivity index (χ0v) is 14.4. The summed E-state index contributed by atoms with van der Waals surface area (Å²) in [6.07, 6.45) is 3.13. The maximum Gasteiger partial charge on any atom is 0.407 e. The van der Waals surface area contributed by atoms with Crippen LogP contribution in [0, 0.1) is 0 Å². The fraction of sp³-hybridized carbons (Fsp3) is 0.625. The SMILES string of the molecule is CC1CC(NC(=O)OC(C)(C)C)CCN1c1ccnc(Cl)c1. The molecule has 1 aromatic rings. The van der Waals surface area contributed by atoms with Crippen LogP contribution in [0.3, 0.4) is 0 Å². The number of halogens is 1. The van der Waals surface area contributed by atoms with Gasteiger partial charge in [0.25, 0.3) is 0 Å². The van der Waals surface area contributed by atoms with Crippen molar-refractivity contribution in [3.05, 3.63) is 23.5 Å². The molecule has 1 aliphatic rings. The Labute approximate surface area is 137 Å². The van der Waals surface area contributed by atoms with Crippen LogP contribution in [0.15, 0.2) is 18.3 Å². The lowest BCUT2D eigenvalue weighted by molar-refractivity contribution is 0.0494. The minimum absolute atomic E-state index is 0.137. The summed E-state index contributed by atoms with van der Waals surface area (Å²) in [5, 5.41) is 3.46. The van der Waals surface area contributed by atoms with Gasteiger partial charge in [-0.25, -0.2) is 9.78 Å². The number of ether oxygens (including phenoxy) is 1. The molecule has 1 N–H and O–H groups in total. The third-order valence-corrected chi connectivity index (χ3v) is 3.85. The Morgan fingerprint density at radius 1 is 1.50 bits per heavy atom. The van der Waals surface area contributed by atoms with Crippen LogP contribution in [0.4, 0.5) is 10.5 Å². The van der Waals surface area contributed by atoms with Crippen LogP contribution in [0.1, 0.15) is 40.5 Å². The minimum Gasteiger partial charge on any atom is -0.444 e. The van der Waals surface area contributed by atoms with Crippen LogP contribution in [-0.2, 0) is 4.74 Å². The lowest BCUT2D eigenvalue weighted by atomic mass is 9.98. The number of nitrogens with one attached hydrogen (secondary N) is 1. The predicted molar refractivity (Wildman–Crippen MR) is 88.4 cm³/mol. The first-order chi connectivity index (χ1) is 10.2. The number of carbonyl (C=O) groups excluding carboxylic acids is 1. The van der Waals surface area contributed by atoms with Crippen LogP contribution in [-0.4, -0.2) is 35.3 Å². The molecule has 6 heteroatoms. The number of amides is 1. The molecule has 2 atom stereocenters. The Hall–Kier alpha value is -1.49. The zero-order valence-electron chi connectivity index (χ0n) is 13.6. The van der Waals surface area contributed by atoms with Gasteiger partial charge in [-0.05, 0) is 52.7 Å². The molecule has 1 amide bonds. The molecule has 0 radical (unpaired) electrons. The van der Waals surface area contributed by atoms with E-state index in [-0.39, 0.29) is 12.1 Å². The second-order valence-electron chi connectivity index (χ2n) is 6.75. The Bertz CT molecular complexity index is 530. The average molecular weight is 326 g/mol.